The second-order valence-electron chi connectivity index (χ2n) is 10.4. The molecule has 0 aliphatic carbocycles. The van der Waals surface area contributed by atoms with Gasteiger partial charge in [0.15, 0.2) is 5.65 Å². The van der Waals surface area contributed by atoms with Crippen LogP contribution in [0.1, 0.15) is 19.8 Å². The van der Waals surface area contributed by atoms with Gasteiger partial charge < -0.3 is 24.8 Å². The summed E-state index contributed by atoms with van der Waals surface area (Å²) in [6.45, 7) is 12.9. The van der Waals surface area contributed by atoms with E-state index in [2.05, 4.69) is 54.1 Å². The Balaban J connectivity index is 1.54. The van der Waals surface area contributed by atoms with Crippen molar-refractivity contribution < 1.29 is 14.2 Å². The van der Waals surface area contributed by atoms with Crippen LogP contribution in [0.2, 0.25) is 25.7 Å². The zero-order valence-corrected chi connectivity index (χ0v) is 23.0. The smallest absolute Gasteiger partial charge is 0.167 e. The number of methoxy groups -OCH3 is 1. The van der Waals surface area contributed by atoms with Gasteiger partial charge in [-0.05, 0) is 48.4 Å². The molecule has 2 fully saturated rings. The van der Waals surface area contributed by atoms with Gasteiger partial charge in [-0.25, -0.2) is 9.67 Å². The monoisotopic (exact) mass is 573 g/mol. The minimum absolute atomic E-state index is 0.0888. The number of anilines is 1. The number of fused-ring (bicyclic) bond motifs is 1. The summed E-state index contributed by atoms with van der Waals surface area (Å²) in [6.07, 6.45) is 2.15. The van der Waals surface area contributed by atoms with E-state index in [1.165, 1.54) is 0 Å². The molecule has 1 spiro atoms. The van der Waals surface area contributed by atoms with Crippen LogP contribution >= 0.6 is 22.6 Å². The molecular weight excluding hydrogens is 537 g/mol. The highest BCUT2D eigenvalue weighted by Crippen LogP contribution is 2.42. The lowest BCUT2D eigenvalue weighted by atomic mass is 9.73. The van der Waals surface area contributed by atoms with E-state index in [1.54, 1.807) is 7.11 Å². The van der Waals surface area contributed by atoms with E-state index in [0.29, 0.717) is 6.73 Å². The van der Waals surface area contributed by atoms with E-state index in [9.17, 15) is 0 Å². The third-order valence-corrected chi connectivity index (χ3v) is 9.43. The normalized spacial score (nSPS) is 23.4. The number of ether oxygens (including phenoxy) is 3. The van der Waals surface area contributed by atoms with Crippen LogP contribution in [0.25, 0.3) is 11.0 Å². The minimum Gasteiger partial charge on any atom is -0.496 e. The fourth-order valence-electron chi connectivity index (χ4n) is 4.68. The van der Waals surface area contributed by atoms with Gasteiger partial charge in [-0.3, -0.25) is 0 Å². The van der Waals surface area contributed by atoms with Crippen LogP contribution in [0.5, 0.6) is 5.75 Å². The zero-order chi connectivity index (χ0) is 23.1. The van der Waals surface area contributed by atoms with Gasteiger partial charge in [-0.1, -0.05) is 19.6 Å². The highest BCUT2D eigenvalue weighted by atomic mass is 127. The molecule has 178 valence electrons. The van der Waals surface area contributed by atoms with Crippen LogP contribution in [-0.2, 0) is 16.2 Å². The molecule has 0 saturated carbocycles. The van der Waals surface area contributed by atoms with Crippen LogP contribution in [0.3, 0.4) is 0 Å². The SMILES string of the molecule is COc1cc(N2CCC3(CC2)CO[C@@H](C)[C@H]3N)nc2c1c(I)nn2COCC[Si](C)(C)C. The minimum atomic E-state index is -1.13. The molecular formula is C22H36IN5O3Si. The predicted octanol–water partition coefficient (Wildman–Crippen LogP) is 3.69. The molecule has 2 aliphatic rings. The van der Waals surface area contributed by atoms with E-state index in [1.807, 2.05) is 10.7 Å². The van der Waals surface area contributed by atoms with Crippen LogP contribution in [0.4, 0.5) is 5.82 Å². The molecule has 2 saturated heterocycles. The van der Waals surface area contributed by atoms with Crippen molar-refractivity contribution in [1.29, 1.82) is 0 Å². The number of halogens is 1. The second-order valence-corrected chi connectivity index (χ2v) is 17.1. The maximum atomic E-state index is 6.50. The first kappa shape index (κ1) is 24.2. The summed E-state index contributed by atoms with van der Waals surface area (Å²) in [5.41, 5.74) is 7.40. The molecule has 2 aromatic rings. The van der Waals surface area contributed by atoms with E-state index in [-0.39, 0.29) is 17.6 Å². The topological polar surface area (TPSA) is 87.7 Å². The first-order valence-electron chi connectivity index (χ1n) is 11.4. The van der Waals surface area contributed by atoms with Crippen molar-refractivity contribution in [3.63, 3.8) is 0 Å². The molecule has 0 radical (unpaired) electrons. The Morgan fingerprint density at radius 2 is 2.03 bits per heavy atom. The van der Waals surface area contributed by atoms with Crippen LogP contribution in [0, 0.1) is 9.12 Å². The molecule has 10 heteroatoms. The predicted molar refractivity (Wildman–Crippen MR) is 138 cm³/mol. The van der Waals surface area contributed by atoms with Gasteiger partial charge in [0.25, 0.3) is 0 Å². The summed E-state index contributed by atoms with van der Waals surface area (Å²) in [5, 5.41) is 5.63. The first-order chi connectivity index (χ1) is 15.1. The number of nitrogens with zero attached hydrogens (tertiary/aromatic N) is 4. The van der Waals surface area contributed by atoms with Gasteiger partial charge in [0, 0.05) is 45.3 Å². The van der Waals surface area contributed by atoms with Gasteiger partial charge in [0.1, 0.15) is 22.0 Å². The van der Waals surface area contributed by atoms with E-state index in [0.717, 1.165) is 71.5 Å². The van der Waals surface area contributed by atoms with E-state index < -0.39 is 8.07 Å². The van der Waals surface area contributed by atoms with Crippen molar-refractivity contribution >= 4 is 47.5 Å². The van der Waals surface area contributed by atoms with Crippen molar-refractivity contribution in [2.24, 2.45) is 11.1 Å². The molecule has 8 nitrogen and oxygen atoms in total. The zero-order valence-electron chi connectivity index (χ0n) is 19.9. The average molecular weight is 574 g/mol. The van der Waals surface area contributed by atoms with Gasteiger partial charge in [-0.15, -0.1) is 0 Å². The largest absolute Gasteiger partial charge is 0.496 e. The fourth-order valence-corrected chi connectivity index (χ4v) is 6.20. The lowest BCUT2D eigenvalue weighted by molar-refractivity contribution is 0.0810. The number of nitrogens with two attached hydrogens (primary N) is 1. The number of piperidine rings is 1. The van der Waals surface area contributed by atoms with Crippen molar-refractivity contribution in [3.8, 4) is 5.75 Å². The molecule has 2 aliphatic heterocycles. The summed E-state index contributed by atoms with van der Waals surface area (Å²) in [4.78, 5) is 7.35. The van der Waals surface area contributed by atoms with Gasteiger partial charge >= 0.3 is 0 Å². The summed E-state index contributed by atoms with van der Waals surface area (Å²) >= 11 is 2.25. The maximum Gasteiger partial charge on any atom is 0.167 e. The Morgan fingerprint density at radius 3 is 2.62 bits per heavy atom. The van der Waals surface area contributed by atoms with E-state index >= 15 is 0 Å². The lowest BCUT2D eigenvalue weighted by Gasteiger charge is -2.41. The molecule has 2 atom stereocenters. The first-order valence-corrected chi connectivity index (χ1v) is 16.2. The number of hydrogen-bond donors (Lipinski definition) is 1. The molecule has 0 bridgehead atoms. The number of rotatable bonds is 7. The van der Waals surface area contributed by atoms with Gasteiger partial charge in [0.05, 0.1) is 25.2 Å². The van der Waals surface area contributed by atoms with Gasteiger partial charge in [0.2, 0.25) is 0 Å². The molecule has 32 heavy (non-hydrogen) atoms. The fraction of sp³-hybridized carbons (Fsp3) is 0.727. The number of hydrogen-bond acceptors (Lipinski definition) is 7. The molecule has 2 N–H and O–H groups in total. The standard InChI is InChI=1S/C22H36IN5O3Si/c1-15-19(24)22(13-31-15)6-8-27(9-7-22)17-12-16(29-2)18-20(23)26-28(21(18)25-17)14-30-10-11-32(3,4)5/h12,15,19H,6-11,13-14,24H2,1-5H3/t15-,19+/m0/s1. The van der Waals surface area contributed by atoms with Crippen molar-refractivity contribution in [2.75, 3.05) is 38.3 Å². The van der Waals surface area contributed by atoms with Crippen molar-refractivity contribution in [3.05, 3.63) is 9.77 Å². The van der Waals surface area contributed by atoms with Crippen LogP contribution in [0.15, 0.2) is 6.07 Å². The van der Waals surface area contributed by atoms with E-state index in [4.69, 9.17) is 30.0 Å². The Morgan fingerprint density at radius 1 is 1.31 bits per heavy atom. The highest BCUT2D eigenvalue weighted by Gasteiger charge is 2.47. The summed E-state index contributed by atoms with van der Waals surface area (Å²) in [5.74, 6) is 1.72. The van der Waals surface area contributed by atoms with Crippen LogP contribution in [-0.4, -0.2) is 68.4 Å². The highest BCUT2D eigenvalue weighted by molar-refractivity contribution is 14.1. The Bertz CT molecular complexity index is 955. The Hall–Kier alpha value is -0.953. The summed E-state index contributed by atoms with van der Waals surface area (Å²) in [6, 6.07) is 3.27. The molecule has 0 aromatic carbocycles. The quantitative estimate of drug-likeness (QED) is 0.307. The molecule has 4 rings (SSSR count). The summed E-state index contributed by atoms with van der Waals surface area (Å²) in [7, 11) is 0.577. The molecule has 0 unspecified atom stereocenters. The molecule has 4 heterocycles. The number of aromatic nitrogens is 3. The van der Waals surface area contributed by atoms with Gasteiger partial charge in [-0.2, -0.15) is 5.10 Å². The average Bonchev–Trinajstić information content (AvgIpc) is 3.22. The van der Waals surface area contributed by atoms with Crippen molar-refractivity contribution in [1.82, 2.24) is 14.8 Å². The molecule has 0 amide bonds. The summed E-state index contributed by atoms with van der Waals surface area (Å²) < 4.78 is 20.3. The maximum absolute atomic E-state index is 6.50. The van der Waals surface area contributed by atoms with Crippen LogP contribution < -0.4 is 15.4 Å². The second kappa shape index (κ2) is 9.36. The Kier molecular flexibility index (Phi) is 7.07. The molecule has 2 aromatic heterocycles. The third kappa shape index (κ3) is 4.79. The van der Waals surface area contributed by atoms with Crippen molar-refractivity contribution in [2.45, 2.75) is 64.3 Å². The lowest BCUT2D eigenvalue weighted by Crippen LogP contribution is -2.50. The Labute approximate surface area is 205 Å². The number of pyridine rings is 1. The third-order valence-electron chi connectivity index (χ3n) is 6.97.